The smallest absolute Gasteiger partial charge is 0.0705 e. The van der Waals surface area contributed by atoms with Crippen molar-refractivity contribution in [1.82, 2.24) is 10.3 Å². The molecular weight excluding hydrogens is 220 g/mol. The Morgan fingerprint density at radius 2 is 2.06 bits per heavy atom. The van der Waals surface area contributed by atoms with Gasteiger partial charge in [0.2, 0.25) is 0 Å². The average Bonchev–Trinajstić information content (AvgIpc) is 2.35. The Balaban J connectivity index is 2.11. The monoisotopic (exact) mass is 234 g/mol. The molecule has 0 unspecified atom stereocenters. The first-order valence-electron chi connectivity index (χ1n) is 5.51. The second kappa shape index (κ2) is 5.83. The summed E-state index contributed by atoms with van der Waals surface area (Å²) in [7, 11) is 0. The molecule has 0 saturated heterocycles. The van der Waals surface area contributed by atoms with Crippen LogP contribution in [0.3, 0.4) is 0 Å². The van der Waals surface area contributed by atoms with Gasteiger partial charge < -0.3 is 5.32 Å². The molecule has 3 heteroatoms. The maximum Gasteiger partial charge on any atom is 0.0705 e. The zero-order chi connectivity index (χ0) is 11.2. The summed E-state index contributed by atoms with van der Waals surface area (Å²) in [5.74, 6) is 0.712. The fraction of sp³-hybridized carbons (Fsp3) is 0.308. The Bertz CT molecular complexity index is 451. The number of nitrogens with zero attached hydrogens (tertiary/aromatic N) is 1. The van der Waals surface area contributed by atoms with Crippen molar-refractivity contribution in [1.29, 1.82) is 0 Å². The summed E-state index contributed by atoms with van der Waals surface area (Å²) in [6.45, 7) is 1.83. The van der Waals surface area contributed by atoms with Crippen LogP contribution in [0.1, 0.15) is 12.0 Å². The third-order valence-corrected chi connectivity index (χ3v) is 2.81. The molecule has 0 radical (unpaired) electrons. The van der Waals surface area contributed by atoms with Crippen LogP contribution in [-0.4, -0.2) is 17.4 Å². The van der Waals surface area contributed by atoms with Crippen LogP contribution in [0, 0.1) is 0 Å². The summed E-state index contributed by atoms with van der Waals surface area (Å²) >= 11 is 5.63. The van der Waals surface area contributed by atoms with Gasteiger partial charge in [-0.1, -0.05) is 18.2 Å². The molecule has 84 valence electrons. The van der Waals surface area contributed by atoms with E-state index in [0.29, 0.717) is 5.88 Å². The molecular formula is C13H15ClN2. The highest BCUT2D eigenvalue weighted by atomic mass is 35.5. The van der Waals surface area contributed by atoms with Crippen molar-refractivity contribution in [3.05, 3.63) is 42.1 Å². The van der Waals surface area contributed by atoms with Crippen molar-refractivity contribution in [2.75, 3.05) is 12.4 Å². The first-order chi connectivity index (χ1) is 7.92. The number of halogens is 1. The topological polar surface area (TPSA) is 24.9 Å². The highest BCUT2D eigenvalue weighted by Crippen LogP contribution is 2.15. The van der Waals surface area contributed by atoms with Gasteiger partial charge in [-0.25, -0.2) is 0 Å². The van der Waals surface area contributed by atoms with Gasteiger partial charge in [-0.15, -0.1) is 11.6 Å². The molecule has 0 aliphatic heterocycles. The Hall–Kier alpha value is -1.12. The van der Waals surface area contributed by atoms with Gasteiger partial charge in [-0.3, -0.25) is 4.98 Å². The standard InChI is InChI=1S/C13H15ClN2/c14-7-3-8-15-10-11-6-9-16-13-5-2-1-4-12(11)13/h1-2,4-6,9,15H,3,7-8,10H2. The van der Waals surface area contributed by atoms with Crippen LogP contribution >= 0.6 is 11.6 Å². The van der Waals surface area contributed by atoms with Crippen LogP contribution in [0.4, 0.5) is 0 Å². The minimum Gasteiger partial charge on any atom is -0.313 e. The van der Waals surface area contributed by atoms with Gasteiger partial charge in [0.25, 0.3) is 0 Å². The number of hydrogen-bond acceptors (Lipinski definition) is 2. The van der Waals surface area contributed by atoms with Crippen LogP contribution < -0.4 is 5.32 Å². The van der Waals surface area contributed by atoms with Crippen LogP contribution in [0.2, 0.25) is 0 Å². The number of para-hydroxylation sites is 1. The zero-order valence-electron chi connectivity index (χ0n) is 9.12. The van der Waals surface area contributed by atoms with Gasteiger partial charge in [-0.05, 0) is 30.7 Å². The first-order valence-corrected chi connectivity index (χ1v) is 6.04. The quantitative estimate of drug-likeness (QED) is 0.636. The number of fused-ring (bicyclic) bond motifs is 1. The Morgan fingerprint density at radius 3 is 2.94 bits per heavy atom. The Labute approximate surface area is 101 Å². The number of rotatable bonds is 5. The van der Waals surface area contributed by atoms with Gasteiger partial charge in [-0.2, -0.15) is 0 Å². The van der Waals surface area contributed by atoms with E-state index in [0.717, 1.165) is 25.0 Å². The second-order valence-corrected chi connectivity index (χ2v) is 4.08. The maximum absolute atomic E-state index is 5.63. The molecule has 0 fully saturated rings. The van der Waals surface area contributed by atoms with Crippen molar-refractivity contribution < 1.29 is 0 Å². The van der Waals surface area contributed by atoms with E-state index < -0.39 is 0 Å². The second-order valence-electron chi connectivity index (χ2n) is 3.71. The Kier molecular flexibility index (Phi) is 4.14. The van der Waals surface area contributed by atoms with E-state index in [4.69, 9.17) is 11.6 Å². The molecule has 0 spiro atoms. The van der Waals surface area contributed by atoms with Crippen LogP contribution in [0.5, 0.6) is 0 Å². The lowest BCUT2D eigenvalue weighted by Crippen LogP contribution is -2.15. The minimum absolute atomic E-state index is 0.712. The largest absolute Gasteiger partial charge is 0.313 e. The van der Waals surface area contributed by atoms with E-state index >= 15 is 0 Å². The molecule has 2 aromatic rings. The SMILES string of the molecule is ClCCCNCc1ccnc2ccccc12. The van der Waals surface area contributed by atoms with Gasteiger partial charge in [0, 0.05) is 24.0 Å². The molecule has 2 rings (SSSR count). The van der Waals surface area contributed by atoms with Crippen LogP contribution in [-0.2, 0) is 6.54 Å². The summed E-state index contributed by atoms with van der Waals surface area (Å²) in [6.07, 6.45) is 2.87. The van der Waals surface area contributed by atoms with Crippen LogP contribution in [0.15, 0.2) is 36.5 Å². The molecule has 0 saturated carbocycles. The molecule has 1 aromatic carbocycles. The molecule has 1 heterocycles. The van der Waals surface area contributed by atoms with Crippen molar-refractivity contribution in [2.24, 2.45) is 0 Å². The van der Waals surface area contributed by atoms with Crippen molar-refractivity contribution in [3.8, 4) is 0 Å². The van der Waals surface area contributed by atoms with E-state index in [9.17, 15) is 0 Å². The first kappa shape index (κ1) is 11.4. The molecule has 0 bridgehead atoms. The lowest BCUT2D eigenvalue weighted by Gasteiger charge is -2.06. The number of pyridine rings is 1. The molecule has 16 heavy (non-hydrogen) atoms. The predicted molar refractivity (Wildman–Crippen MR) is 68.8 cm³/mol. The molecule has 0 amide bonds. The van der Waals surface area contributed by atoms with E-state index in [1.165, 1.54) is 10.9 Å². The van der Waals surface area contributed by atoms with E-state index in [2.05, 4.69) is 22.4 Å². The summed E-state index contributed by atoms with van der Waals surface area (Å²) in [4.78, 5) is 4.34. The highest BCUT2D eigenvalue weighted by Gasteiger charge is 1.99. The predicted octanol–water partition coefficient (Wildman–Crippen LogP) is 2.95. The summed E-state index contributed by atoms with van der Waals surface area (Å²) in [5, 5.41) is 4.61. The summed E-state index contributed by atoms with van der Waals surface area (Å²) in [5.41, 5.74) is 2.35. The Morgan fingerprint density at radius 1 is 1.19 bits per heavy atom. The normalized spacial score (nSPS) is 10.8. The van der Waals surface area contributed by atoms with Gasteiger partial charge in [0.05, 0.1) is 5.52 Å². The third-order valence-electron chi connectivity index (χ3n) is 2.54. The number of nitrogens with one attached hydrogen (secondary N) is 1. The molecule has 0 aliphatic carbocycles. The van der Waals surface area contributed by atoms with Crippen molar-refractivity contribution in [3.63, 3.8) is 0 Å². The van der Waals surface area contributed by atoms with Crippen molar-refractivity contribution >= 4 is 22.5 Å². The van der Waals surface area contributed by atoms with E-state index in [1.807, 2.05) is 24.4 Å². The lowest BCUT2D eigenvalue weighted by molar-refractivity contribution is 0.680. The van der Waals surface area contributed by atoms with E-state index in [1.54, 1.807) is 0 Å². The molecule has 1 N–H and O–H groups in total. The number of alkyl halides is 1. The fourth-order valence-electron chi connectivity index (χ4n) is 1.72. The van der Waals surface area contributed by atoms with E-state index in [-0.39, 0.29) is 0 Å². The fourth-order valence-corrected chi connectivity index (χ4v) is 1.86. The summed E-state index contributed by atoms with van der Waals surface area (Å²) < 4.78 is 0. The lowest BCUT2D eigenvalue weighted by atomic mass is 10.1. The van der Waals surface area contributed by atoms with Crippen LogP contribution in [0.25, 0.3) is 10.9 Å². The van der Waals surface area contributed by atoms with Gasteiger partial charge in [0.1, 0.15) is 0 Å². The van der Waals surface area contributed by atoms with Gasteiger partial charge in [0.15, 0.2) is 0 Å². The highest BCUT2D eigenvalue weighted by molar-refractivity contribution is 6.17. The zero-order valence-corrected chi connectivity index (χ0v) is 9.87. The maximum atomic E-state index is 5.63. The van der Waals surface area contributed by atoms with Crippen molar-refractivity contribution in [2.45, 2.75) is 13.0 Å². The number of hydrogen-bond donors (Lipinski definition) is 1. The summed E-state index contributed by atoms with van der Waals surface area (Å²) in [6, 6.07) is 10.3. The molecule has 1 aromatic heterocycles. The molecule has 0 aliphatic rings. The molecule has 2 nitrogen and oxygen atoms in total. The average molecular weight is 235 g/mol. The number of benzene rings is 1. The third kappa shape index (κ3) is 2.71. The minimum atomic E-state index is 0.712. The number of aromatic nitrogens is 1. The van der Waals surface area contributed by atoms with Gasteiger partial charge >= 0.3 is 0 Å². The molecule has 0 atom stereocenters.